The summed E-state index contributed by atoms with van der Waals surface area (Å²) in [5, 5.41) is 28.3. The van der Waals surface area contributed by atoms with Crippen molar-refractivity contribution in [3.63, 3.8) is 0 Å². The van der Waals surface area contributed by atoms with Gasteiger partial charge < -0.3 is 42.9 Å². The Labute approximate surface area is 183 Å². The molecule has 0 aromatic heterocycles. The van der Waals surface area contributed by atoms with Gasteiger partial charge in [0.2, 0.25) is 29.5 Å². The van der Waals surface area contributed by atoms with E-state index in [1.54, 1.807) is 0 Å². The minimum Gasteiger partial charge on any atom is -0.480 e. The maximum absolute atomic E-state index is 12.8. The van der Waals surface area contributed by atoms with Crippen molar-refractivity contribution < 1.29 is 39.0 Å². The maximum Gasteiger partial charge on any atom is 0.328 e. The molecule has 14 nitrogen and oxygen atoms in total. The number of carbonyl (C=O) groups is 6. The van der Waals surface area contributed by atoms with Gasteiger partial charge >= 0.3 is 5.97 Å². The molecule has 1 fully saturated rings. The molecule has 0 spiro atoms. The molecule has 5 atom stereocenters. The van der Waals surface area contributed by atoms with Crippen LogP contribution in [0.3, 0.4) is 0 Å². The monoisotopic (exact) mass is 458 g/mol. The quantitative estimate of drug-likeness (QED) is 0.133. The van der Waals surface area contributed by atoms with E-state index < -0.39 is 72.2 Å². The molecule has 5 unspecified atom stereocenters. The second kappa shape index (κ2) is 12.6. The zero-order valence-corrected chi connectivity index (χ0v) is 17.6. The number of amides is 5. The molecule has 180 valence electrons. The fourth-order valence-corrected chi connectivity index (χ4v) is 3.06. The van der Waals surface area contributed by atoms with Crippen LogP contribution in [-0.4, -0.2) is 82.5 Å². The van der Waals surface area contributed by atoms with Gasteiger partial charge in [0.25, 0.3) is 0 Å². The molecule has 14 heteroatoms. The minimum atomic E-state index is -1.70. The van der Waals surface area contributed by atoms with Crippen LogP contribution in [0.2, 0.25) is 0 Å². The van der Waals surface area contributed by atoms with Gasteiger partial charge in [-0.25, -0.2) is 4.79 Å². The Kier molecular flexibility index (Phi) is 10.5. The third-order valence-corrected chi connectivity index (χ3v) is 4.77. The second-order valence-electron chi connectivity index (χ2n) is 7.51. The first-order valence-electron chi connectivity index (χ1n) is 10.0. The zero-order valence-electron chi connectivity index (χ0n) is 17.6. The minimum absolute atomic E-state index is 0.171. The molecular weight excluding hydrogens is 428 g/mol. The molecule has 1 saturated heterocycles. The van der Waals surface area contributed by atoms with Gasteiger partial charge in [0, 0.05) is 6.42 Å². The van der Waals surface area contributed by atoms with Gasteiger partial charge in [-0.2, -0.15) is 0 Å². The Morgan fingerprint density at radius 3 is 2.09 bits per heavy atom. The molecule has 32 heavy (non-hydrogen) atoms. The number of primary amides is 2. The summed E-state index contributed by atoms with van der Waals surface area (Å²) in [4.78, 5) is 71.3. The Balaban J connectivity index is 2.95. The van der Waals surface area contributed by atoms with Gasteiger partial charge in [0.1, 0.15) is 12.1 Å². The van der Waals surface area contributed by atoms with Gasteiger partial charge in [-0.15, -0.1) is 0 Å². The zero-order chi connectivity index (χ0) is 24.4. The van der Waals surface area contributed by atoms with E-state index in [-0.39, 0.29) is 12.8 Å². The third-order valence-electron chi connectivity index (χ3n) is 4.77. The summed E-state index contributed by atoms with van der Waals surface area (Å²) in [5.41, 5.74) is 10.2. The smallest absolute Gasteiger partial charge is 0.328 e. The number of aliphatic carboxylic acids is 1. The Morgan fingerprint density at radius 1 is 1.00 bits per heavy atom. The lowest BCUT2D eigenvalue weighted by Crippen LogP contribution is -2.58. The Hall–Kier alpha value is -3.26. The Bertz CT molecular complexity index is 737. The molecule has 0 aromatic rings. The fourth-order valence-electron chi connectivity index (χ4n) is 3.06. The third kappa shape index (κ3) is 8.85. The number of carboxylic acid groups (broad SMARTS) is 1. The normalized spacial score (nSPS) is 19.1. The van der Waals surface area contributed by atoms with Crippen molar-refractivity contribution in [3.05, 3.63) is 0 Å². The van der Waals surface area contributed by atoms with Crippen LogP contribution in [0.1, 0.15) is 39.0 Å². The number of hydrogen-bond donors (Lipinski definition) is 8. The van der Waals surface area contributed by atoms with E-state index in [4.69, 9.17) is 16.6 Å². The average molecular weight is 458 g/mol. The number of carboxylic acids is 1. The molecule has 1 rings (SSSR count). The number of hydrogen-bond acceptors (Lipinski definition) is 8. The first-order valence-corrected chi connectivity index (χ1v) is 10.0. The molecular formula is C18H30N6O8. The van der Waals surface area contributed by atoms with E-state index in [0.717, 1.165) is 13.3 Å². The molecule has 1 aliphatic heterocycles. The summed E-state index contributed by atoms with van der Waals surface area (Å²) in [6.45, 7) is 1.76. The lowest BCUT2D eigenvalue weighted by Gasteiger charge is -2.25. The average Bonchev–Trinajstić information content (AvgIpc) is 3.22. The highest BCUT2D eigenvalue weighted by Gasteiger charge is 2.33. The summed E-state index contributed by atoms with van der Waals surface area (Å²) in [6, 6.07) is -5.06. The van der Waals surface area contributed by atoms with Crippen LogP contribution in [-0.2, 0) is 28.8 Å². The van der Waals surface area contributed by atoms with Gasteiger partial charge in [-0.05, 0) is 32.7 Å². The molecule has 0 radical (unpaired) electrons. The number of nitrogens with two attached hydrogens (primary N) is 2. The number of carbonyl (C=O) groups excluding carboxylic acids is 5. The van der Waals surface area contributed by atoms with Crippen LogP contribution in [0.25, 0.3) is 0 Å². The number of rotatable bonds is 13. The first-order chi connectivity index (χ1) is 14.9. The highest BCUT2D eigenvalue weighted by Crippen LogP contribution is 2.07. The van der Waals surface area contributed by atoms with Gasteiger partial charge in [0.15, 0.2) is 6.04 Å². The standard InChI is InChI=1S/C18H30N6O8/c1-8(25)14(18(31)32)24-17(30)11(7-13(20)27)23-16(29)10(4-5-12(19)26)22-15(28)9-3-2-6-21-9/h8-11,14,21,25H,2-7H2,1H3,(H2,19,26)(H2,20,27)(H,22,28)(H,23,29)(H,24,30)(H,31,32). The predicted octanol–water partition coefficient (Wildman–Crippen LogP) is -4.20. The lowest BCUT2D eigenvalue weighted by atomic mass is 10.1. The maximum atomic E-state index is 12.8. The van der Waals surface area contributed by atoms with Gasteiger partial charge in [0.05, 0.1) is 18.6 Å². The first kappa shape index (κ1) is 26.8. The lowest BCUT2D eigenvalue weighted by molar-refractivity contribution is -0.145. The summed E-state index contributed by atoms with van der Waals surface area (Å²) in [6.07, 6.45) is -1.24. The molecule has 1 aliphatic rings. The van der Waals surface area contributed by atoms with Gasteiger partial charge in [-0.1, -0.05) is 0 Å². The number of aliphatic hydroxyl groups excluding tert-OH is 1. The summed E-state index contributed by atoms with van der Waals surface area (Å²) in [5.74, 6) is -5.69. The van der Waals surface area contributed by atoms with Crippen molar-refractivity contribution in [2.24, 2.45) is 11.5 Å². The number of nitrogens with one attached hydrogen (secondary N) is 4. The second-order valence-corrected chi connectivity index (χ2v) is 7.51. The molecule has 5 amide bonds. The van der Waals surface area contributed by atoms with E-state index in [1.807, 2.05) is 5.32 Å². The molecule has 0 aromatic carbocycles. The molecule has 0 saturated carbocycles. The predicted molar refractivity (Wildman–Crippen MR) is 108 cm³/mol. The summed E-state index contributed by atoms with van der Waals surface area (Å²) >= 11 is 0. The van der Waals surface area contributed by atoms with Crippen LogP contribution in [0.15, 0.2) is 0 Å². The van der Waals surface area contributed by atoms with Crippen molar-refractivity contribution in [1.82, 2.24) is 21.3 Å². The van der Waals surface area contributed by atoms with Crippen LogP contribution in [0, 0.1) is 0 Å². The highest BCUT2D eigenvalue weighted by molar-refractivity contribution is 5.96. The topological polar surface area (TPSA) is 243 Å². The molecule has 10 N–H and O–H groups in total. The van der Waals surface area contributed by atoms with Crippen LogP contribution in [0.5, 0.6) is 0 Å². The van der Waals surface area contributed by atoms with Crippen LogP contribution in [0.4, 0.5) is 0 Å². The summed E-state index contributed by atoms with van der Waals surface area (Å²) in [7, 11) is 0. The Morgan fingerprint density at radius 2 is 1.62 bits per heavy atom. The number of aliphatic hydroxyl groups is 1. The highest BCUT2D eigenvalue weighted by atomic mass is 16.4. The molecule has 1 heterocycles. The molecule has 0 aliphatic carbocycles. The van der Waals surface area contributed by atoms with Crippen LogP contribution < -0.4 is 32.7 Å². The van der Waals surface area contributed by atoms with E-state index in [9.17, 15) is 33.9 Å². The summed E-state index contributed by atoms with van der Waals surface area (Å²) < 4.78 is 0. The molecule has 0 bridgehead atoms. The SMILES string of the molecule is CC(O)C(NC(=O)C(CC(N)=O)NC(=O)C(CCC(N)=O)NC(=O)C1CCCN1)C(=O)O. The van der Waals surface area contributed by atoms with Crippen molar-refractivity contribution in [2.75, 3.05) is 6.54 Å². The fraction of sp³-hybridized carbons (Fsp3) is 0.667. The van der Waals surface area contributed by atoms with Crippen molar-refractivity contribution in [1.29, 1.82) is 0 Å². The van der Waals surface area contributed by atoms with Gasteiger partial charge in [-0.3, -0.25) is 24.0 Å². The van der Waals surface area contributed by atoms with Crippen molar-refractivity contribution in [2.45, 2.75) is 69.3 Å². The van der Waals surface area contributed by atoms with E-state index in [1.165, 1.54) is 0 Å². The van der Waals surface area contributed by atoms with E-state index in [2.05, 4.69) is 16.0 Å². The van der Waals surface area contributed by atoms with Crippen molar-refractivity contribution in [3.8, 4) is 0 Å². The largest absolute Gasteiger partial charge is 0.480 e. The van der Waals surface area contributed by atoms with E-state index in [0.29, 0.717) is 13.0 Å². The van der Waals surface area contributed by atoms with Crippen molar-refractivity contribution >= 4 is 35.5 Å². The van der Waals surface area contributed by atoms with Crippen LogP contribution >= 0.6 is 0 Å². The van der Waals surface area contributed by atoms with E-state index >= 15 is 0 Å².